The molecule has 3 rings (SSSR count). The van der Waals surface area contributed by atoms with Gasteiger partial charge in [0.05, 0.1) is 0 Å². The van der Waals surface area contributed by atoms with Gasteiger partial charge in [0.2, 0.25) is 5.91 Å². The third-order valence-corrected chi connectivity index (χ3v) is 4.39. The van der Waals surface area contributed by atoms with E-state index in [1.54, 1.807) is 24.3 Å². The Balaban J connectivity index is 2.27. The van der Waals surface area contributed by atoms with Crippen LogP contribution in [0.25, 0.3) is 0 Å². The van der Waals surface area contributed by atoms with Crippen LogP contribution in [0.4, 0.5) is 14.5 Å². The van der Waals surface area contributed by atoms with Crippen LogP contribution in [-0.2, 0) is 15.1 Å². The highest BCUT2D eigenvalue weighted by molar-refractivity contribution is 6.09. The first-order chi connectivity index (χ1) is 11.8. The molecule has 0 unspecified atom stereocenters. The monoisotopic (exact) mass is 346 g/mol. The summed E-state index contributed by atoms with van der Waals surface area (Å²) in [6.45, 7) is 1.19. The molecule has 1 aliphatic rings. The Morgan fingerprint density at radius 1 is 1.20 bits per heavy atom. The van der Waals surface area contributed by atoms with Crippen LogP contribution in [-0.4, -0.2) is 24.0 Å². The molecule has 2 amide bonds. The number of rotatable bonds is 3. The topological polar surface area (TPSA) is 69.6 Å². The number of nitrogens with one attached hydrogen (secondary N) is 1. The van der Waals surface area contributed by atoms with Crippen LogP contribution >= 0.6 is 0 Å². The molecule has 0 spiro atoms. The van der Waals surface area contributed by atoms with Gasteiger partial charge in [-0.25, -0.2) is 8.78 Å². The van der Waals surface area contributed by atoms with E-state index in [4.69, 9.17) is 0 Å². The highest BCUT2D eigenvalue weighted by atomic mass is 19.2. The molecule has 1 aliphatic heterocycles. The second-order valence-electron chi connectivity index (χ2n) is 5.92. The number of hydrogen-bond donors (Lipinski definition) is 2. The molecular formula is C18H16F2N2O3. The van der Waals surface area contributed by atoms with Crippen LogP contribution in [0.2, 0.25) is 0 Å². The van der Waals surface area contributed by atoms with Crippen molar-refractivity contribution < 1.29 is 23.5 Å². The fraction of sp³-hybridized carbons (Fsp3) is 0.222. The molecule has 130 valence electrons. The van der Waals surface area contributed by atoms with Crippen molar-refractivity contribution in [2.24, 2.45) is 0 Å². The maximum Gasteiger partial charge on any atom is 0.260 e. The fourth-order valence-electron chi connectivity index (χ4n) is 3.28. The third-order valence-electron chi connectivity index (χ3n) is 4.39. The average molecular weight is 346 g/mol. The summed E-state index contributed by atoms with van der Waals surface area (Å²) in [5.74, 6) is -3.64. The number of nitrogens with zero attached hydrogens (tertiary/aromatic N) is 1. The molecule has 7 heteroatoms. The molecule has 25 heavy (non-hydrogen) atoms. The number of carbonyl (C=O) groups is 2. The summed E-state index contributed by atoms with van der Waals surface area (Å²) in [5, 5.41) is 13.4. The zero-order valence-corrected chi connectivity index (χ0v) is 13.6. The molecule has 5 nitrogen and oxygen atoms in total. The van der Waals surface area contributed by atoms with Gasteiger partial charge in [-0.2, -0.15) is 0 Å². The van der Waals surface area contributed by atoms with Gasteiger partial charge in [-0.15, -0.1) is 0 Å². The summed E-state index contributed by atoms with van der Waals surface area (Å²) in [7, 11) is 1.49. The van der Waals surface area contributed by atoms with Gasteiger partial charge in [0.25, 0.3) is 5.91 Å². The molecule has 0 saturated heterocycles. The minimum absolute atomic E-state index is 0.314. The lowest BCUT2D eigenvalue weighted by molar-refractivity contribution is -0.135. The molecular weight excluding hydrogens is 330 g/mol. The van der Waals surface area contributed by atoms with Crippen LogP contribution < -0.4 is 10.2 Å². The number of para-hydroxylation sites is 1. The summed E-state index contributed by atoms with van der Waals surface area (Å²) in [6.07, 6.45) is -1.81. The SMILES string of the molecule is CC(=O)N[C@]1([C@H](O)c2cccc(F)c2F)C(=O)N(C)c2ccccc21. The van der Waals surface area contributed by atoms with Gasteiger partial charge in [-0.3, -0.25) is 9.59 Å². The zero-order chi connectivity index (χ0) is 18.4. The normalized spacial score (nSPS) is 20.4. The van der Waals surface area contributed by atoms with E-state index < -0.39 is 40.7 Å². The number of halogens is 2. The summed E-state index contributed by atoms with van der Waals surface area (Å²) in [5.41, 5.74) is -1.57. The molecule has 0 aromatic heterocycles. The number of carbonyl (C=O) groups excluding carboxylic acids is 2. The van der Waals surface area contributed by atoms with E-state index >= 15 is 0 Å². The second kappa shape index (κ2) is 5.93. The van der Waals surface area contributed by atoms with Gasteiger partial charge >= 0.3 is 0 Å². The Hall–Kier alpha value is -2.80. The highest BCUT2D eigenvalue weighted by Gasteiger charge is 2.56. The summed E-state index contributed by atoms with van der Waals surface area (Å²) < 4.78 is 27.9. The predicted molar refractivity (Wildman–Crippen MR) is 86.7 cm³/mol. The molecule has 2 aromatic carbocycles. The lowest BCUT2D eigenvalue weighted by Crippen LogP contribution is -2.55. The van der Waals surface area contributed by atoms with E-state index in [0.717, 1.165) is 6.07 Å². The van der Waals surface area contributed by atoms with E-state index in [-0.39, 0.29) is 0 Å². The molecule has 2 N–H and O–H groups in total. The van der Waals surface area contributed by atoms with Gasteiger partial charge in [-0.1, -0.05) is 30.3 Å². The van der Waals surface area contributed by atoms with Crippen molar-refractivity contribution in [2.45, 2.75) is 18.6 Å². The van der Waals surface area contributed by atoms with Crippen molar-refractivity contribution in [1.29, 1.82) is 0 Å². The Kier molecular flexibility index (Phi) is 4.04. The number of likely N-dealkylation sites (N-methyl/N-ethyl adjacent to an activating group) is 1. The largest absolute Gasteiger partial charge is 0.385 e. The first kappa shape index (κ1) is 17.0. The lowest BCUT2D eigenvalue weighted by atomic mass is 9.81. The first-order valence-electron chi connectivity index (χ1n) is 7.59. The Morgan fingerprint density at radius 2 is 1.88 bits per heavy atom. The molecule has 0 aliphatic carbocycles. The number of fused-ring (bicyclic) bond motifs is 1. The van der Waals surface area contributed by atoms with E-state index in [1.807, 2.05) is 0 Å². The molecule has 0 radical (unpaired) electrons. The molecule has 0 saturated carbocycles. The maximum atomic E-state index is 14.2. The molecule has 2 aromatic rings. The number of anilines is 1. The molecule has 0 bridgehead atoms. The van der Waals surface area contributed by atoms with E-state index in [1.165, 1.54) is 31.0 Å². The van der Waals surface area contributed by atoms with Crippen molar-refractivity contribution in [3.63, 3.8) is 0 Å². The van der Waals surface area contributed by atoms with Crippen molar-refractivity contribution in [1.82, 2.24) is 5.32 Å². The quantitative estimate of drug-likeness (QED) is 0.893. The molecule has 1 heterocycles. The van der Waals surface area contributed by atoms with Crippen LogP contribution in [0.1, 0.15) is 24.2 Å². The van der Waals surface area contributed by atoms with Crippen LogP contribution in [0, 0.1) is 11.6 Å². The predicted octanol–water partition coefficient (Wildman–Crippen LogP) is 2.01. The van der Waals surface area contributed by atoms with Gasteiger partial charge < -0.3 is 15.3 Å². The van der Waals surface area contributed by atoms with Crippen molar-refractivity contribution in [2.75, 3.05) is 11.9 Å². The number of aliphatic hydroxyl groups is 1. The Labute approximate surface area is 142 Å². The first-order valence-corrected chi connectivity index (χ1v) is 7.59. The average Bonchev–Trinajstić information content (AvgIpc) is 2.79. The zero-order valence-electron chi connectivity index (χ0n) is 13.6. The summed E-state index contributed by atoms with van der Waals surface area (Å²) in [6, 6.07) is 9.86. The Bertz CT molecular complexity index is 871. The number of aliphatic hydroxyl groups excluding tert-OH is 1. The minimum atomic E-state index is -1.94. The van der Waals surface area contributed by atoms with Gasteiger partial charge in [0.15, 0.2) is 17.2 Å². The number of hydrogen-bond acceptors (Lipinski definition) is 3. The number of amides is 2. The summed E-state index contributed by atoms with van der Waals surface area (Å²) in [4.78, 5) is 26.0. The lowest BCUT2D eigenvalue weighted by Gasteiger charge is -2.34. The van der Waals surface area contributed by atoms with E-state index in [2.05, 4.69) is 5.32 Å². The van der Waals surface area contributed by atoms with Gasteiger partial charge in [0, 0.05) is 30.8 Å². The second-order valence-corrected chi connectivity index (χ2v) is 5.92. The minimum Gasteiger partial charge on any atom is -0.385 e. The van der Waals surface area contributed by atoms with Crippen molar-refractivity contribution in [3.05, 3.63) is 65.2 Å². The standard InChI is InChI=1S/C18H16F2N2O3/c1-10(23)21-18(16(24)11-6-5-8-13(19)15(11)20)12-7-3-4-9-14(12)22(2)17(18)25/h3-9,16,24H,1-2H3,(H,21,23)/t16-,18-/m1/s1. The van der Waals surface area contributed by atoms with Crippen LogP contribution in [0.5, 0.6) is 0 Å². The van der Waals surface area contributed by atoms with Crippen LogP contribution in [0.3, 0.4) is 0 Å². The smallest absolute Gasteiger partial charge is 0.260 e. The van der Waals surface area contributed by atoms with Crippen molar-refractivity contribution >= 4 is 17.5 Å². The van der Waals surface area contributed by atoms with Crippen molar-refractivity contribution in [3.8, 4) is 0 Å². The Morgan fingerprint density at radius 3 is 2.56 bits per heavy atom. The third kappa shape index (κ3) is 2.39. The van der Waals surface area contributed by atoms with Gasteiger partial charge in [-0.05, 0) is 12.1 Å². The van der Waals surface area contributed by atoms with E-state index in [0.29, 0.717) is 11.3 Å². The fourth-order valence-corrected chi connectivity index (χ4v) is 3.28. The maximum absolute atomic E-state index is 14.2. The van der Waals surface area contributed by atoms with Crippen LogP contribution in [0.15, 0.2) is 42.5 Å². The number of benzene rings is 2. The highest BCUT2D eigenvalue weighted by Crippen LogP contribution is 2.47. The molecule has 0 fully saturated rings. The van der Waals surface area contributed by atoms with E-state index in [9.17, 15) is 23.5 Å². The summed E-state index contributed by atoms with van der Waals surface area (Å²) >= 11 is 0. The van der Waals surface area contributed by atoms with Gasteiger partial charge in [0.1, 0.15) is 6.10 Å². The molecule has 2 atom stereocenters.